The molecule has 66 valence electrons. The zero-order valence-electron chi connectivity index (χ0n) is 6.79. The van der Waals surface area contributed by atoms with E-state index in [0.717, 1.165) is 11.3 Å². The molecule has 1 aliphatic heterocycles. The summed E-state index contributed by atoms with van der Waals surface area (Å²) >= 11 is 1.59. The van der Waals surface area contributed by atoms with Gasteiger partial charge in [0.15, 0.2) is 12.0 Å². The Kier molecular flexibility index (Phi) is 2.02. The van der Waals surface area contributed by atoms with Gasteiger partial charge in [-0.25, -0.2) is 4.39 Å². The minimum Gasteiger partial charge on any atom is -0.402 e. The first kappa shape index (κ1) is 8.01. The third kappa shape index (κ3) is 1.21. The molecule has 2 heterocycles. The quantitative estimate of drug-likeness (QED) is 0.660. The number of alkyl halides is 1. The number of thiophene rings is 1. The van der Waals surface area contributed by atoms with Gasteiger partial charge in [0.2, 0.25) is 0 Å². The van der Waals surface area contributed by atoms with Crippen molar-refractivity contribution in [3.63, 3.8) is 0 Å². The van der Waals surface area contributed by atoms with E-state index in [1.165, 1.54) is 5.06 Å². The molecule has 0 amide bonds. The second-order valence-electron chi connectivity index (χ2n) is 2.77. The third-order valence-corrected chi connectivity index (χ3v) is 2.66. The lowest BCUT2D eigenvalue weighted by Crippen LogP contribution is -2.29. The lowest BCUT2D eigenvalue weighted by molar-refractivity contribution is -0.129. The fraction of sp³-hybridized carbons (Fsp3) is 0.500. The standard InChI is InChI=1S/C8H10FNOS/c1-2-8(9)10-3-6-4-12-5-7(6)11-10/h4-5,8H,2-3H2,1H3/t8-/m0/s1. The topological polar surface area (TPSA) is 12.5 Å². The molecule has 2 nitrogen and oxygen atoms in total. The van der Waals surface area contributed by atoms with Crippen LogP contribution in [0.3, 0.4) is 0 Å². The first-order chi connectivity index (χ1) is 5.81. The van der Waals surface area contributed by atoms with Crippen LogP contribution in [0.4, 0.5) is 4.39 Å². The Bertz CT molecular complexity index is 255. The minimum absolute atomic E-state index is 0.466. The summed E-state index contributed by atoms with van der Waals surface area (Å²) in [7, 11) is 0. The molecule has 1 aromatic heterocycles. The maximum atomic E-state index is 13.1. The molecule has 0 unspecified atom stereocenters. The smallest absolute Gasteiger partial charge is 0.185 e. The molecule has 0 bridgehead atoms. The predicted octanol–water partition coefficient (Wildman–Crippen LogP) is 2.56. The highest BCUT2D eigenvalue weighted by Crippen LogP contribution is 2.32. The zero-order valence-corrected chi connectivity index (χ0v) is 7.60. The van der Waals surface area contributed by atoms with Gasteiger partial charge in [0, 0.05) is 10.9 Å². The Balaban J connectivity index is 2.07. The van der Waals surface area contributed by atoms with Crippen molar-refractivity contribution < 1.29 is 9.23 Å². The van der Waals surface area contributed by atoms with Gasteiger partial charge >= 0.3 is 0 Å². The minimum atomic E-state index is -0.984. The van der Waals surface area contributed by atoms with Gasteiger partial charge in [0.25, 0.3) is 0 Å². The van der Waals surface area contributed by atoms with Crippen LogP contribution in [0.1, 0.15) is 18.9 Å². The van der Waals surface area contributed by atoms with Crippen molar-refractivity contribution in [2.24, 2.45) is 0 Å². The molecule has 1 atom stereocenters. The fourth-order valence-electron chi connectivity index (χ4n) is 1.19. The van der Waals surface area contributed by atoms with Gasteiger partial charge in [-0.05, 0) is 11.8 Å². The lowest BCUT2D eigenvalue weighted by Gasteiger charge is -2.17. The average molecular weight is 187 g/mol. The molecule has 0 spiro atoms. The van der Waals surface area contributed by atoms with E-state index in [9.17, 15) is 4.39 Å². The molecule has 4 heteroatoms. The first-order valence-electron chi connectivity index (χ1n) is 3.95. The summed E-state index contributed by atoms with van der Waals surface area (Å²) in [4.78, 5) is 5.27. The molecule has 12 heavy (non-hydrogen) atoms. The van der Waals surface area contributed by atoms with E-state index in [4.69, 9.17) is 4.84 Å². The molecule has 1 aromatic rings. The highest BCUT2D eigenvalue weighted by molar-refractivity contribution is 7.08. The fourth-order valence-corrected chi connectivity index (χ4v) is 1.93. The van der Waals surface area contributed by atoms with Crippen LogP contribution in [0.5, 0.6) is 5.75 Å². The van der Waals surface area contributed by atoms with E-state index in [1.54, 1.807) is 18.3 Å². The van der Waals surface area contributed by atoms with E-state index in [1.807, 2.05) is 10.8 Å². The van der Waals surface area contributed by atoms with Crippen LogP contribution in [0, 0.1) is 0 Å². The molecule has 0 N–H and O–H groups in total. The van der Waals surface area contributed by atoms with Crippen molar-refractivity contribution >= 4 is 11.3 Å². The normalized spacial score (nSPS) is 18.8. The Morgan fingerprint density at radius 2 is 2.58 bits per heavy atom. The molecule has 1 aliphatic rings. The van der Waals surface area contributed by atoms with Gasteiger partial charge in [0.05, 0.1) is 6.54 Å². The van der Waals surface area contributed by atoms with Crippen LogP contribution in [0.2, 0.25) is 0 Å². The monoisotopic (exact) mass is 187 g/mol. The van der Waals surface area contributed by atoms with E-state index >= 15 is 0 Å². The van der Waals surface area contributed by atoms with Crippen LogP contribution in [-0.2, 0) is 6.54 Å². The highest BCUT2D eigenvalue weighted by Gasteiger charge is 2.27. The van der Waals surface area contributed by atoms with Crippen LogP contribution in [0.15, 0.2) is 10.8 Å². The second kappa shape index (κ2) is 3.03. The summed E-state index contributed by atoms with van der Waals surface area (Å²) in [6.45, 7) is 2.38. The van der Waals surface area contributed by atoms with E-state index in [2.05, 4.69) is 0 Å². The van der Waals surface area contributed by atoms with Crippen molar-refractivity contribution in [1.82, 2.24) is 5.06 Å². The summed E-state index contributed by atoms with van der Waals surface area (Å²) < 4.78 is 13.1. The number of nitrogens with zero attached hydrogens (tertiary/aromatic N) is 1. The van der Waals surface area contributed by atoms with E-state index in [0.29, 0.717) is 13.0 Å². The molecular formula is C8H10FNOS. The Morgan fingerprint density at radius 1 is 1.75 bits per heavy atom. The molecule has 0 radical (unpaired) electrons. The van der Waals surface area contributed by atoms with Crippen molar-refractivity contribution in [2.75, 3.05) is 0 Å². The summed E-state index contributed by atoms with van der Waals surface area (Å²) in [5.74, 6) is 0.816. The van der Waals surface area contributed by atoms with Crippen molar-refractivity contribution in [1.29, 1.82) is 0 Å². The SMILES string of the molecule is CC[C@@H](F)N1Cc2cscc2O1. The molecule has 0 saturated heterocycles. The number of hydroxylamine groups is 2. The molecular weight excluding hydrogens is 177 g/mol. The largest absolute Gasteiger partial charge is 0.402 e. The number of hydrogen-bond donors (Lipinski definition) is 0. The Hall–Kier alpha value is -0.610. The average Bonchev–Trinajstić information content (AvgIpc) is 2.60. The number of halogens is 1. The Labute approximate surface area is 74.5 Å². The molecule has 0 fully saturated rings. The van der Waals surface area contributed by atoms with Gasteiger partial charge in [0.1, 0.15) is 0 Å². The molecule has 2 rings (SSSR count). The molecule has 0 aromatic carbocycles. The van der Waals surface area contributed by atoms with Gasteiger partial charge in [-0.3, -0.25) is 0 Å². The maximum Gasteiger partial charge on any atom is 0.185 e. The van der Waals surface area contributed by atoms with Gasteiger partial charge in [-0.2, -0.15) is 0 Å². The van der Waals surface area contributed by atoms with Gasteiger partial charge in [-0.15, -0.1) is 16.4 Å². The lowest BCUT2D eigenvalue weighted by atomic mass is 10.3. The highest BCUT2D eigenvalue weighted by atomic mass is 32.1. The van der Waals surface area contributed by atoms with E-state index < -0.39 is 6.30 Å². The van der Waals surface area contributed by atoms with Crippen molar-refractivity contribution in [2.45, 2.75) is 26.2 Å². The summed E-state index contributed by atoms with van der Waals surface area (Å²) in [6, 6.07) is 0. The number of fused-ring (bicyclic) bond motifs is 1. The van der Waals surface area contributed by atoms with Gasteiger partial charge in [-0.1, -0.05) is 6.92 Å². The van der Waals surface area contributed by atoms with E-state index in [-0.39, 0.29) is 0 Å². The third-order valence-electron chi connectivity index (χ3n) is 1.89. The van der Waals surface area contributed by atoms with Crippen LogP contribution >= 0.6 is 11.3 Å². The predicted molar refractivity (Wildman–Crippen MR) is 45.7 cm³/mol. The van der Waals surface area contributed by atoms with Crippen LogP contribution in [-0.4, -0.2) is 11.4 Å². The van der Waals surface area contributed by atoms with Crippen molar-refractivity contribution in [3.05, 3.63) is 16.3 Å². The number of rotatable bonds is 2. The molecule has 0 saturated carbocycles. The summed E-state index contributed by atoms with van der Waals surface area (Å²) in [6.07, 6.45) is -0.518. The van der Waals surface area contributed by atoms with Crippen molar-refractivity contribution in [3.8, 4) is 5.75 Å². The molecule has 0 aliphatic carbocycles. The Morgan fingerprint density at radius 3 is 3.25 bits per heavy atom. The second-order valence-corrected chi connectivity index (χ2v) is 3.51. The number of hydrogen-bond acceptors (Lipinski definition) is 3. The zero-order chi connectivity index (χ0) is 8.55. The summed E-state index contributed by atoms with van der Waals surface area (Å²) in [5, 5.41) is 5.28. The first-order valence-corrected chi connectivity index (χ1v) is 4.89. The summed E-state index contributed by atoms with van der Waals surface area (Å²) in [5.41, 5.74) is 1.09. The van der Waals surface area contributed by atoms with Crippen LogP contribution in [0.25, 0.3) is 0 Å². The maximum absolute atomic E-state index is 13.1. The van der Waals surface area contributed by atoms with Crippen LogP contribution < -0.4 is 4.84 Å². The van der Waals surface area contributed by atoms with Gasteiger partial charge < -0.3 is 4.84 Å².